The van der Waals surface area contributed by atoms with Gasteiger partial charge in [0.05, 0.1) is 38.1 Å². The molecule has 2 aromatic heterocycles. The van der Waals surface area contributed by atoms with Crippen molar-refractivity contribution in [1.82, 2.24) is 19.1 Å². The number of nitrogens with one attached hydrogen (secondary N) is 1. The van der Waals surface area contributed by atoms with Crippen molar-refractivity contribution in [2.24, 2.45) is 0 Å². The fourth-order valence-corrected chi connectivity index (χ4v) is 5.27. The molecule has 1 unspecified atom stereocenters. The van der Waals surface area contributed by atoms with Crippen LogP contribution in [0.4, 0.5) is 5.69 Å². The SMILES string of the molecule is COc1cc(NC(=O)Cn2cnc3c(ncn3C3CCS(=O)(=O)C3)c2=O)cc(OC)c1. The summed E-state index contributed by atoms with van der Waals surface area (Å²) in [6, 6.07) is 4.62. The highest BCUT2D eigenvalue weighted by Crippen LogP contribution is 2.26. The minimum atomic E-state index is -3.09. The second-order valence-corrected chi connectivity index (χ2v) is 9.44. The second kappa shape index (κ2) is 8.02. The first kappa shape index (κ1) is 20.8. The molecule has 1 fully saturated rings. The lowest BCUT2D eigenvalue weighted by Gasteiger charge is -2.11. The van der Waals surface area contributed by atoms with Crippen molar-refractivity contribution in [1.29, 1.82) is 0 Å². The summed E-state index contributed by atoms with van der Waals surface area (Å²) in [5.74, 6) is 0.669. The third-order valence-electron chi connectivity index (χ3n) is 5.10. The zero-order valence-corrected chi connectivity index (χ0v) is 17.8. The number of carbonyl (C=O) groups excluding carboxylic acids is 1. The Labute approximate surface area is 177 Å². The Balaban J connectivity index is 1.55. The Hall–Kier alpha value is -3.41. The quantitative estimate of drug-likeness (QED) is 0.581. The van der Waals surface area contributed by atoms with E-state index >= 15 is 0 Å². The molecule has 1 aliphatic rings. The first-order chi connectivity index (χ1) is 14.8. The molecule has 0 saturated carbocycles. The Morgan fingerprint density at radius 3 is 2.48 bits per heavy atom. The van der Waals surface area contributed by atoms with E-state index in [0.717, 1.165) is 4.57 Å². The van der Waals surface area contributed by atoms with Crippen LogP contribution in [0.25, 0.3) is 11.2 Å². The number of benzene rings is 1. The van der Waals surface area contributed by atoms with E-state index in [1.54, 1.807) is 22.8 Å². The second-order valence-electron chi connectivity index (χ2n) is 7.21. The van der Waals surface area contributed by atoms with Gasteiger partial charge in [0, 0.05) is 23.9 Å². The number of hydrogen-bond acceptors (Lipinski definition) is 8. The first-order valence-electron chi connectivity index (χ1n) is 9.45. The van der Waals surface area contributed by atoms with Gasteiger partial charge in [0.1, 0.15) is 24.4 Å². The number of ether oxygens (including phenoxy) is 2. The number of aromatic nitrogens is 4. The first-order valence-corrected chi connectivity index (χ1v) is 11.3. The number of sulfone groups is 1. The summed E-state index contributed by atoms with van der Waals surface area (Å²) in [7, 11) is -0.0929. The number of methoxy groups -OCH3 is 2. The van der Waals surface area contributed by atoms with Crippen LogP contribution in [-0.2, 0) is 21.2 Å². The molecule has 1 saturated heterocycles. The Bertz CT molecular complexity index is 1290. The van der Waals surface area contributed by atoms with Gasteiger partial charge in [-0.3, -0.25) is 14.2 Å². The van der Waals surface area contributed by atoms with Gasteiger partial charge in [-0.05, 0) is 6.42 Å². The van der Waals surface area contributed by atoms with Crippen molar-refractivity contribution >= 4 is 32.6 Å². The normalized spacial score (nSPS) is 17.5. The van der Waals surface area contributed by atoms with Gasteiger partial charge < -0.3 is 19.4 Å². The molecule has 1 N–H and O–H groups in total. The molecule has 1 aromatic carbocycles. The van der Waals surface area contributed by atoms with Crippen LogP contribution in [0.3, 0.4) is 0 Å². The fraction of sp³-hybridized carbons (Fsp3) is 0.368. The van der Waals surface area contributed by atoms with Gasteiger partial charge in [-0.1, -0.05) is 0 Å². The lowest BCUT2D eigenvalue weighted by Crippen LogP contribution is -2.28. The molecule has 164 valence electrons. The summed E-state index contributed by atoms with van der Waals surface area (Å²) < 4.78 is 36.7. The average molecular weight is 447 g/mol. The molecule has 4 rings (SSSR count). The van der Waals surface area contributed by atoms with Crippen molar-refractivity contribution in [2.75, 3.05) is 31.0 Å². The van der Waals surface area contributed by atoms with Crippen LogP contribution in [-0.4, -0.2) is 59.2 Å². The number of anilines is 1. The van der Waals surface area contributed by atoms with E-state index in [1.165, 1.54) is 26.9 Å². The van der Waals surface area contributed by atoms with Crippen LogP contribution in [0.15, 0.2) is 35.6 Å². The third-order valence-corrected chi connectivity index (χ3v) is 6.85. The summed E-state index contributed by atoms with van der Waals surface area (Å²) in [4.78, 5) is 33.6. The van der Waals surface area contributed by atoms with Crippen molar-refractivity contribution in [3.05, 3.63) is 41.2 Å². The van der Waals surface area contributed by atoms with E-state index in [1.807, 2.05) is 0 Å². The highest BCUT2D eigenvalue weighted by atomic mass is 32.2. The largest absolute Gasteiger partial charge is 0.497 e. The van der Waals surface area contributed by atoms with E-state index in [4.69, 9.17) is 9.47 Å². The topological polar surface area (TPSA) is 134 Å². The monoisotopic (exact) mass is 447 g/mol. The molecule has 3 heterocycles. The van der Waals surface area contributed by atoms with Crippen molar-refractivity contribution < 1.29 is 22.7 Å². The number of hydrogen-bond donors (Lipinski definition) is 1. The van der Waals surface area contributed by atoms with E-state index in [-0.39, 0.29) is 29.6 Å². The smallest absolute Gasteiger partial charge is 0.281 e. The van der Waals surface area contributed by atoms with Gasteiger partial charge in [0.15, 0.2) is 21.0 Å². The van der Waals surface area contributed by atoms with E-state index in [0.29, 0.717) is 29.3 Å². The summed E-state index contributed by atoms with van der Waals surface area (Å²) in [5, 5.41) is 2.70. The Morgan fingerprint density at radius 2 is 1.87 bits per heavy atom. The highest BCUT2D eigenvalue weighted by molar-refractivity contribution is 7.91. The average Bonchev–Trinajstić information content (AvgIpc) is 3.32. The molecule has 1 amide bonds. The standard InChI is InChI=1S/C19H21N5O6S/c1-29-14-5-12(6-15(7-14)30-2)22-16(25)8-23-10-21-18-17(19(23)26)20-11-24(18)13-3-4-31(27,28)9-13/h5-7,10-11,13H,3-4,8-9H2,1-2H3,(H,22,25). The molecule has 11 nitrogen and oxygen atoms in total. The molecule has 3 aromatic rings. The molecule has 1 atom stereocenters. The van der Waals surface area contributed by atoms with Gasteiger partial charge in [-0.25, -0.2) is 18.4 Å². The molecule has 1 aliphatic heterocycles. The van der Waals surface area contributed by atoms with Crippen molar-refractivity contribution in [2.45, 2.75) is 19.0 Å². The van der Waals surface area contributed by atoms with E-state index in [9.17, 15) is 18.0 Å². The zero-order valence-electron chi connectivity index (χ0n) is 16.9. The molecule has 0 aliphatic carbocycles. The summed E-state index contributed by atoms with van der Waals surface area (Å²) in [6.45, 7) is -0.272. The van der Waals surface area contributed by atoms with Crippen LogP contribution >= 0.6 is 0 Å². The van der Waals surface area contributed by atoms with Crippen molar-refractivity contribution in [3.8, 4) is 11.5 Å². The fourth-order valence-electron chi connectivity index (χ4n) is 3.56. The summed E-state index contributed by atoms with van der Waals surface area (Å²) in [6.07, 6.45) is 3.14. The Kier molecular flexibility index (Phi) is 5.39. The summed E-state index contributed by atoms with van der Waals surface area (Å²) >= 11 is 0. The van der Waals surface area contributed by atoms with Crippen LogP contribution in [0.2, 0.25) is 0 Å². The number of fused-ring (bicyclic) bond motifs is 1. The predicted molar refractivity (Wildman–Crippen MR) is 112 cm³/mol. The Morgan fingerprint density at radius 1 is 1.16 bits per heavy atom. The van der Waals surface area contributed by atoms with E-state index < -0.39 is 21.3 Å². The maximum Gasteiger partial charge on any atom is 0.281 e. The maximum atomic E-state index is 12.8. The number of carbonyl (C=O) groups is 1. The maximum absolute atomic E-state index is 12.8. The molecule has 12 heteroatoms. The zero-order chi connectivity index (χ0) is 22.2. The molecule has 0 bridgehead atoms. The number of amides is 1. The molecule has 0 radical (unpaired) electrons. The third kappa shape index (κ3) is 4.24. The van der Waals surface area contributed by atoms with E-state index in [2.05, 4.69) is 15.3 Å². The number of nitrogens with zero attached hydrogens (tertiary/aromatic N) is 4. The molecular formula is C19H21N5O6S. The molecular weight excluding hydrogens is 426 g/mol. The minimum absolute atomic E-state index is 0.00433. The van der Waals surface area contributed by atoms with Crippen LogP contribution in [0.5, 0.6) is 11.5 Å². The lowest BCUT2D eigenvalue weighted by molar-refractivity contribution is -0.116. The molecule has 0 spiro atoms. The van der Waals surface area contributed by atoms with Crippen molar-refractivity contribution in [3.63, 3.8) is 0 Å². The van der Waals surface area contributed by atoms with Crippen LogP contribution < -0.4 is 20.3 Å². The number of imidazole rings is 1. The lowest BCUT2D eigenvalue weighted by atomic mass is 10.2. The predicted octanol–water partition coefficient (Wildman–Crippen LogP) is 0.608. The van der Waals surface area contributed by atoms with Gasteiger partial charge in [-0.15, -0.1) is 0 Å². The summed E-state index contributed by atoms with van der Waals surface area (Å²) in [5.41, 5.74) is 0.363. The van der Waals surface area contributed by atoms with Crippen LogP contribution in [0.1, 0.15) is 12.5 Å². The van der Waals surface area contributed by atoms with Gasteiger partial charge in [0.25, 0.3) is 5.56 Å². The van der Waals surface area contributed by atoms with Gasteiger partial charge in [-0.2, -0.15) is 0 Å². The minimum Gasteiger partial charge on any atom is -0.497 e. The van der Waals surface area contributed by atoms with Crippen LogP contribution in [0, 0.1) is 0 Å². The van der Waals surface area contributed by atoms with Gasteiger partial charge in [0.2, 0.25) is 5.91 Å². The number of rotatable bonds is 6. The highest BCUT2D eigenvalue weighted by Gasteiger charge is 2.30. The van der Waals surface area contributed by atoms with Gasteiger partial charge >= 0.3 is 0 Å². The molecule has 31 heavy (non-hydrogen) atoms.